The molecule has 0 aromatic heterocycles. The molecule has 14 heavy (non-hydrogen) atoms. The van der Waals surface area contributed by atoms with Crippen molar-refractivity contribution in [2.24, 2.45) is 4.99 Å². The van der Waals surface area contributed by atoms with Gasteiger partial charge in [-0.15, -0.1) is 0 Å². The van der Waals surface area contributed by atoms with Gasteiger partial charge in [-0.1, -0.05) is 34.6 Å². The first-order chi connectivity index (χ1) is 6.69. The fourth-order valence-electron chi connectivity index (χ4n) is 1.46. The summed E-state index contributed by atoms with van der Waals surface area (Å²) in [4.78, 5) is 7.01. The van der Waals surface area contributed by atoms with Gasteiger partial charge >= 0.3 is 0 Å². The first kappa shape index (κ1) is 12.4. The predicted octanol–water partition coefficient (Wildman–Crippen LogP) is 2.97. The van der Waals surface area contributed by atoms with E-state index in [4.69, 9.17) is 0 Å². The van der Waals surface area contributed by atoms with Crippen molar-refractivity contribution in [3.05, 3.63) is 0 Å². The SMILES string of the molecule is CCCN(C1=NCC(CBr)S1)C(C)C. The Kier molecular flexibility index (Phi) is 5.31. The number of halogens is 1. The molecule has 1 atom stereocenters. The Balaban J connectivity index is 2.53. The van der Waals surface area contributed by atoms with Crippen molar-refractivity contribution in [2.45, 2.75) is 38.5 Å². The fraction of sp³-hybridized carbons (Fsp3) is 0.900. The third-order valence-electron chi connectivity index (χ3n) is 2.21. The lowest BCUT2D eigenvalue weighted by Gasteiger charge is -2.27. The molecule has 0 aromatic carbocycles. The van der Waals surface area contributed by atoms with Crippen LogP contribution in [0.25, 0.3) is 0 Å². The van der Waals surface area contributed by atoms with E-state index in [9.17, 15) is 0 Å². The Morgan fingerprint density at radius 1 is 1.64 bits per heavy atom. The molecule has 1 heterocycles. The van der Waals surface area contributed by atoms with E-state index in [2.05, 4.69) is 46.6 Å². The Morgan fingerprint density at radius 3 is 2.79 bits per heavy atom. The van der Waals surface area contributed by atoms with Crippen LogP contribution >= 0.6 is 27.7 Å². The number of amidine groups is 1. The number of nitrogens with zero attached hydrogens (tertiary/aromatic N) is 2. The predicted molar refractivity (Wildman–Crippen MR) is 69.6 cm³/mol. The summed E-state index contributed by atoms with van der Waals surface area (Å²) in [5.74, 6) is 0. The van der Waals surface area contributed by atoms with Gasteiger partial charge in [0.05, 0.1) is 6.54 Å². The summed E-state index contributed by atoms with van der Waals surface area (Å²) in [7, 11) is 0. The highest BCUT2D eigenvalue weighted by molar-refractivity contribution is 9.09. The number of alkyl halides is 1. The van der Waals surface area contributed by atoms with Crippen LogP contribution in [0, 0.1) is 0 Å². The lowest BCUT2D eigenvalue weighted by Crippen LogP contribution is -2.35. The highest BCUT2D eigenvalue weighted by Gasteiger charge is 2.23. The van der Waals surface area contributed by atoms with Gasteiger partial charge in [-0.3, -0.25) is 4.99 Å². The summed E-state index contributed by atoms with van der Waals surface area (Å²) in [6.07, 6.45) is 1.19. The average Bonchev–Trinajstić information content (AvgIpc) is 2.61. The van der Waals surface area contributed by atoms with Gasteiger partial charge < -0.3 is 4.90 Å². The largest absolute Gasteiger partial charge is 0.349 e. The zero-order chi connectivity index (χ0) is 10.6. The molecule has 0 amide bonds. The zero-order valence-electron chi connectivity index (χ0n) is 9.16. The molecule has 1 aliphatic rings. The second-order valence-electron chi connectivity index (χ2n) is 3.80. The summed E-state index contributed by atoms with van der Waals surface area (Å²) in [6, 6.07) is 0.565. The van der Waals surface area contributed by atoms with Crippen LogP contribution in [-0.4, -0.2) is 39.8 Å². The Morgan fingerprint density at radius 2 is 2.36 bits per heavy atom. The molecular formula is C10H19BrN2S. The molecular weight excluding hydrogens is 260 g/mol. The minimum absolute atomic E-state index is 0.565. The monoisotopic (exact) mass is 278 g/mol. The molecule has 0 spiro atoms. The molecule has 1 aliphatic heterocycles. The number of rotatable bonds is 4. The van der Waals surface area contributed by atoms with E-state index in [1.165, 1.54) is 11.6 Å². The summed E-state index contributed by atoms with van der Waals surface area (Å²) in [5, 5.41) is 2.93. The first-order valence-electron chi connectivity index (χ1n) is 5.22. The van der Waals surface area contributed by atoms with Crippen LogP contribution in [0.4, 0.5) is 0 Å². The van der Waals surface area contributed by atoms with Crippen LogP contribution in [0.1, 0.15) is 27.2 Å². The van der Waals surface area contributed by atoms with Gasteiger partial charge in [0, 0.05) is 23.2 Å². The Hall–Kier alpha value is 0.300. The van der Waals surface area contributed by atoms with Crippen molar-refractivity contribution in [3.8, 4) is 0 Å². The minimum Gasteiger partial charge on any atom is -0.349 e. The van der Waals surface area contributed by atoms with Crippen molar-refractivity contribution >= 4 is 32.9 Å². The molecule has 0 aliphatic carbocycles. The van der Waals surface area contributed by atoms with E-state index in [0.717, 1.165) is 18.4 Å². The van der Waals surface area contributed by atoms with Crippen molar-refractivity contribution in [3.63, 3.8) is 0 Å². The van der Waals surface area contributed by atoms with Crippen LogP contribution < -0.4 is 0 Å². The van der Waals surface area contributed by atoms with Crippen LogP contribution in [0.3, 0.4) is 0 Å². The minimum atomic E-state index is 0.565. The molecule has 1 rings (SSSR count). The van der Waals surface area contributed by atoms with E-state index < -0.39 is 0 Å². The molecule has 1 unspecified atom stereocenters. The Bertz CT molecular complexity index is 206. The second-order valence-corrected chi connectivity index (χ2v) is 5.72. The summed E-state index contributed by atoms with van der Waals surface area (Å²) in [6.45, 7) is 8.79. The molecule has 0 aromatic rings. The van der Waals surface area contributed by atoms with E-state index in [1.54, 1.807) is 0 Å². The number of hydrogen-bond acceptors (Lipinski definition) is 3. The third kappa shape index (κ3) is 3.16. The van der Waals surface area contributed by atoms with Crippen molar-refractivity contribution in [1.29, 1.82) is 0 Å². The standard InChI is InChI=1S/C10H19BrN2S/c1-4-5-13(8(2)3)10-12-7-9(6-11)14-10/h8-9H,4-7H2,1-3H3. The van der Waals surface area contributed by atoms with Crippen LogP contribution in [0.15, 0.2) is 4.99 Å². The zero-order valence-corrected chi connectivity index (χ0v) is 11.6. The lowest BCUT2D eigenvalue weighted by atomic mass is 10.3. The van der Waals surface area contributed by atoms with E-state index in [-0.39, 0.29) is 0 Å². The number of aliphatic imine (C=N–C) groups is 1. The van der Waals surface area contributed by atoms with Crippen LogP contribution in [0.2, 0.25) is 0 Å². The van der Waals surface area contributed by atoms with Gasteiger partial charge in [-0.05, 0) is 20.3 Å². The first-order valence-corrected chi connectivity index (χ1v) is 7.22. The summed E-state index contributed by atoms with van der Waals surface area (Å²) < 4.78 is 0. The molecule has 0 saturated carbocycles. The molecule has 2 nitrogen and oxygen atoms in total. The third-order valence-corrected chi connectivity index (χ3v) is 4.64. The maximum absolute atomic E-state index is 4.60. The van der Waals surface area contributed by atoms with Crippen molar-refractivity contribution < 1.29 is 0 Å². The van der Waals surface area contributed by atoms with E-state index in [0.29, 0.717) is 11.3 Å². The lowest BCUT2D eigenvalue weighted by molar-refractivity contribution is 0.356. The van der Waals surface area contributed by atoms with Gasteiger partial charge in [0.1, 0.15) is 0 Å². The van der Waals surface area contributed by atoms with E-state index in [1.807, 2.05) is 11.8 Å². The quantitative estimate of drug-likeness (QED) is 0.735. The van der Waals surface area contributed by atoms with Crippen molar-refractivity contribution in [2.75, 3.05) is 18.4 Å². The number of thioether (sulfide) groups is 1. The molecule has 0 fully saturated rings. The van der Waals surface area contributed by atoms with E-state index >= 15 is 0 Å². The normalized spacial score (nSPS) is 21.5. The highest BCUT2D eigenvalue weighted by atomic mass is 79.9. The molecule has 82 valence electrons. The maximum atomic E-state index is 4.60. The topological polar surface area (TPSA) is 15.6 Å². The van der Waals surface area contributed by atoms with Gasteiger partial charge in [0.25, 0.3) is 0 Å². The molecule has 0 saturated heterocycles. The van der Waals surface area contributed by atoms with Gasteiger partial charge in [0.2, 0.25) is 0 Å². The Labute approximate surface area is 99.7 Å². The molecule has 0 bridgehead atoms. The molecule has 4 heteroatoms. The van der Waals surface area contributed by atoms with Gasteiger partial charge in [0.15, 0.2) is 5.17 Å². The number of hydrogen-bond donors (Lipinski definition) is 0. The highest BCUT2D eigenvalue weighted by Crippen LogP contribution is 2.25. The fourth-order valence-corrected chi connectivity index (χ4v) is 3.16. The smallest absolute Gasteiger partial charge is 0.159 e. The molecule has 0 radical (unpaired) electrons. The maximum Gasteiger partial charge on any atom is 0.159 e. The van der Waals surface area contributed by atoms with Crippen molar-refractivity contribution in [1.82, 2.24) is 4.90 Å². The summed E-state index contributed by atoms with van der Waals surface area (Å²) >= 11 is 5.43. The average molecular weight is 279 g/mol. The summed E-state index contributed by atoms with van der Waals surface area (Å²) in [5.41, 5.74) is 0. The van der Waals surface area contributed by atoms with Gasteiger partial charge in [-0.2, -0.15) is 0 Å². The van der Waals surface area contributed by atoms with Gasteiger partial charge in [-0.25, -0.2) is 0 Å². The van der Waals surface area contributed by atoms with Crippen LogP contribution in [0.5, 0.6) is 0 Å². The van der Waals surface area contributed by atoms with Crippen LogP contribution in [-0.2, 0) is 0 Å². The second kappa shape index (κ2) is 6.01. The molecule has 0 N–H and O–H groups in total.